The molecule has 0 amide bonds. The number of hydrogen-bond acceptors (Lipinski definition) is 3. The summed E-state index contributed by atoms with van der Waals surface area (Å²) in [5.74, 6) is 0. The molecule has 0 aliphatic heterocycles. The Hall–Kier alpha value is -1.71. The summed E-state index contributed by atoms with van der Waals surface area (Å²) in [6.07, 6.45) is 3.64. The molecule has 2 aromatic rings. The average molecular weight is 241 g/mol. The minimum absolute atomic E-state index is 0.133. The van der Waals surface area contributed by atoms with Crippen molar-refractivity contribution in [3.63, 3.8) is 0 Å². The third-order valence-corrected chi connectivity index (χ3v) is 3.07. The van der Waals surface area contributed by atoms with Crippen LogP contribution in [-0.4, -0.2) is 11.5 Å². The Morgan fingerprint density at radius 3 is 2.44 bits per heavy atom. The largest absolute Gasteiger partial charge is 0.329 e. The van der Waals surface area contributed by atoms with Gasteiger partial charge in [-0.05, 0) is 24.1 Å². The van der Waals surface area contributed by atoms with Crippen LogP contribution in [0.25, 0.3) is 0 Å². The Balaban J connectivity index is 2.07. The van der Waals surface area contributed by atoms with Crippen molar-refractivity contribution in [2.75, 3.05) is 6.54 Å². The van der Waals surface area contributed by atoms with Crippen LogP contribution in [0.3, 0.4) is 0 Å². The molecule has 0 radical (unpaired) electrons. The van der Waals surface area contributed by atoms with Gasteiger partial charge in [0.15, 0.2) is 0 Å². The van der Waals surface area contributed by atoms with Crippen molar-refractivity contribution < 1.29 is 0 Å². The van der Waals surface area contributed by atoms with Crippen molar-refractivity contribution in [1.29, 1.82) is 0 Å². The van der Waals surface area contributed by atoms with E-state index in [2.05, 4.69) is 47.6 Å². The van der Waals surface area contributed by atoms with Crippen molar-refractivity contribution in [2.24, 2.45) is 5.73 Å². The monoisotopic (exact) mass is 241 g/mol. The molecule has 3 N–H and O–H groups in total. The van der Waals surface area contributed by atoms with Gasteiger partial charge in [0.2, 0.25) is 0 Å². The van der Waals surface area contributed by atoms with Gasteiger partial charge in [-0.2, -0.15) is 0 Å². The highest BCUT2D eigenvalue weighted by atomic mass is 15.0. The summed E-state index contributed by atoms with van der Waals surface area (Å²) < 4.78 is 0. The molecule has 1 aromatic heterocycles. The molecule has 0 saturated heterocycles. The maximum Gasteiger partial charge on any atom is 0.0464 e. The molecule has 1 aromatic carbocycles. The molecular weight excluding hydrogens is 222 g/mol. The highest BCUT2D eigenvalue weighted by Gasteiger charge is 2.13. The smallest absolute Gasteiger partial charge is 0.0464 e. The van der Waals surface area contributed by atoms with E-state index in [9.17, 15) is 0 Å². The van der Waals surface area contributed by atoms with Gasteiger partial charge in [0.25, 0.3) is 0 Å². The molecule has 0 aliphatic rings. The fourth-order valence-corrected chi connectivity index (χ4v) is 2.02. The highest BCUT2D eigenvalue weighted by Crippen LogP contribution is 2.18. The van der Waals surface area contributed by atoms with E-state index in [0.29, 0.717) is 6.54 Å². The molecule has 0 bridgehead atoms. The molecule has 18 heavy (non-hydrogen) atoms. The Bertz CT molecular complexity index is 456. The maximum absolute atomic E-state index is 5.84. The van der Waals surface area contributed by atoms with Gasteiger partial charge in [-0.15, -0.1) is 0 Å². The van der Waals surface area contributed by atoms with E-state index in [1.165, 1.54) is 5.56 Å². The van der Waals surface area contributed by atoms with E-state index in [1.54, 1.807) is 6.20 Å². The summed E-state index contributed by atoms with van der Waals surface area (Å²) in [6.45, 7) is 2.71. The first-order valence-electron chi connectivity index (χ1n) is 6.22. The van der Waals surface area contributed by atoms with E-state index >= 15 is 0 Å². The molecule has 0 saturated carbocycles. The van der Waals surface area contributed by atoms with Gasteiger partial charge in [-0.3, -0.25) is 4.98 Å². The summed E-state index contributed by atoms with van der Waals surface area (Å²) in [5.41, 5.74) is 8.23. The summed E-state index contributed by atoms with van der Waals surface area (Å²) in [5, 5.41) is 3.53. The van der Waals surface area contributed by atoms with Gasteiger partial charge in [-0.25, -0.2) is 0 Å². The molecule has 0 aliphatic carbocycles. The number of rotatable bonds is 5. The van der Waals surface area contributed by atoms with Gasteiger partial charge < -0.3 is 11.1 Å². The van der Waals surface area contributed by atoms with E-state index in [-0.39, 0.29) is 12.1 Å². The number of pyridine rings is 1. The first kappa shape index (κ1) is 12.7. The van der Waals surface area contributed by atoms with E-state index < -0.39 is 0 Å². The molecule has 2 atom stereocenters. The Labute approximate surface area is 108 Å². The number of nitrogens with two attached hydrogens (primary N) is 1. The standard InChI is InChI=1S/C15H19N3/c1-12(13-6-3-2-4-7-13)18-15(10-16)14-8-5-9-17-11-14/h2-9,11-12,15,18H,10,16H2,1H3. The zero-order valence-corrected chi connectivity index (χ0v) is 10.6. The summed E-state index contributed by atoms with van der Waals surface area (Å²) in [4.78, 5) is 4.14. The van der Waals surface area contributed by atoms with Crippen LogP contribution < -0.4 is 11.1 Å². The van der Waals surface area contributed by atoms with Gasteiger partial charge in [-0.1, -0.05) is 36.4 Å². The lowest BCUT2D eigenvalue weighted by Crippen LogP contribution is -2.30. The first-order chi connectivity index (χ1) is 8.81. The van der Waals surface area contributed by atoms with Crippen LogP contribution in [0.5, 0.6) is 0 Å². The maximum atomic E-state index is 5.84. The fourth-order valence-electron chi connectivity index (χ4n) is 2.02. The van der Waals surface area contributed by atoms with Crippen molar-refractivity contribution in [3.8, 4) is 0 Å². The number of nitrogens with one attached hydrogen (secondary N) is 1. The van der Waals surface area contributed by atoms with E-state index in [4.69, 9.17) is 5.73 Å². The third-order valence-electron chi connectivity index (χ3n) is 3.07. The average Bonchev–Trinajstić information content (AvgIpc) is 2.46. The lowest BCUT2D eigenvalue weighted by atomic mass is 10.0. The van der Waals surface area contributed by atoms with Crippen molar-refractivity contribution in [3.05, 3.63) is 66.0 Å². The summed E-state index contributed by atoms with van der Waals surface area (Å²) in [7, 11) is 0. The molecule has 2 rings (SSSR count). The minimum Gasteiger partial charge on any atom is -0.329 e. The number of aromatic nitrogens is 1. The number of benzene rings is 1. The highest BCUT2D eigenvalue weighted by molar-refractivity contribution is 5.20. The predicted molar refractivity (Wildman–Crippen MR) is 74.0 cm³/mol. The van der Waals surface area contributed by atoms with Crippen LogP contribution in [0.2, 0.25) is 0 Å². The van der Waals surface area contributed by atoms with Crippen LogP contribution in [0.15, 0.2) is 54.9 Å². The molecule has 0 spiro atoms. The third kappa shape index (κ3) is 3.15. The number of nitrogens with zero attached hydrogens (tertiary/aromatic N) is 1. The van der Waals surface area contributed by atoms with Crippen LogP contribution in [0.4, 0.5) is 0 Å². The zero-order chi connectivity index (χ0) is 12.8. The number of hydrogen-bond donors (Lipinski definition) is 2. The van der Waals surface area contributed by atoms with Crippen LogP contribution in [0, 0.1) is 0 Å². The predicted octanol–water partition coefficient (Wildman–Crippen LogP) is 2.43. The van der Waals surface area contributed by atoms with Crippen molar-refractivity contribution in [2.45, 2.75) is 19.0 Å². The molecular formula is C15H19N3. The Morgan fingerprint density at radius 2 is 1.83 bits per heavy atom. The van der Waals surface area contributed by atoms with E-state index in [1.807, 2.05) is 18.3 Å². The van der Waals surface area contributed by atoms with E-state index in [0.717, 1.165) is 5.56 Å². The zero-order valence-electron chi connectivity index (χ0n) is 10.6. The first-order valence-corrected chi connectivity index (χ1v) is 6.22. The van der Waals surface area contributed by atoms with Gasteiger partial charge in [0.05, 0.1) is 0 Å². The second kappa shape index (κ2) is 6.28. The summed E-state index contributed by atoms with van der Waals surface area (Å²) in [6, 6.07) is 14.8. The summed E-state index contributed by atoms with van der Waals surface area (Å²) >= 11 is 0. The normalized spacial score (nSPS) is 14.1. The lowest BCUT2D eigenvalue weighted by molar-refractivity contribution is 0.472. The second-order valence-corrected chi connectivity index (χ2v) is 4.37. The van der Waals surface area contributed by atoms with Crippen LogP contribution >= 0.6 is 0 Å². The molecule has 94 valence electrons. The minimum atomic E-state index is 0.133. The molecule has 2 unspecified atom stereocenters. The van der Waals surface area contributed by atoms with Gasteiger partial charge in [0, 0.05) is 31.0 Å². The second-order valence-electron chi connectivity index (χ2n) is 4.37. The molecule has 3 nitrogen and oxygen atoms in total. The van der Waals surface area contributed by atoms with Crippen molar-refractivity contribution >= 4 is 0 Å². The molecule has 0 fully saturated rings. The Morgan fingerprint density at radius 1 is 1.11 bits per heavy atom. The molecule has 3 heteroatoms. The Kier molecular flexibility index (Phi) is 4.45. The van der Waals surface area contributed by atoms with Crippen LogP contribution in [-0.2, 0) is 0 Å². The van der Waals surface area contributed by atoms with Crippen molar-refractivity contribution in [1.82, 2.24) is 10.3 Å². The van der Waals surface area contributed by atoms with Crippen LogP contribution in [0.1, 0.15) is 30.1 Å². The fraction of sp³-hybridized carbons (Fsp3) is 0.267. The quantitative estimate of drug-likeness (QED) is 0.845. The lowest BCUT2D eigenvalue weighted by Gasteiger charge is -2.22. The molecule has 1 heterocycles. The SMILES string of the molecule is CC(NC(CN)c1cccnc1)c1ccccc1. The topological polar surface area (TPSA) is 50.9 Å². The van der Waals surface area contributed by atoms with Gasteiger partial charge in [0.1, 0.15) is 0 Å². The van der Waals surface area contributed by atoms with Gasteiger partial charge >= 0.3 is 0 Å².